The van der Waals surface area contributed by atoms with E-state index in [4.69, 9.17) is 0 Å². The maximum Gasteiger partial charge on any atom is 0.216 e. The molecule has 6 rings (SSSR count). The first-order chi connectivity index (χ1) is 17.9. The van der Waals surface area contributed by atoms with Gasteiger partial charge in [0.15, 0.2) is 5.43 Å². The molecule has 0 unspecified atom stereocenters. The summed E-state index contributed by atoms with van der Waals surface area (Å²) in [5.41, 5.74) is 4.00. The molecule has 0 radical (unpaired) electrons. The Morgan fingerprint density at radius 2 is 1.78 bits per heavy atom. The van der Waals surface area contributed by atoms with E-state index < -0.39 is 10.0 Å². The summed E-state index contributed by atoms with van der Waals surface area (Å²) >= 11 is 0. The average Bonchev–Trinajstić information content (AvgIpc) is 3.49. The Morgan fingerprint density at radius 3 is 2.62 bits per heavy atom. The van der Waals surface area contributed by atoms with Crippen molar-refractivity contribution in [3.8, 4) is 11.1 Å². The van der Waals surface area contributed by atoms with Crippen molar-refractivity contribution in [3.05, 3.63) is 107 Å². The van der Waals surface area contributed by atoms with Gasteiger partial charge in [0.25, 0.3) is 0 Å². The van der Waals surface area contributed by atoms with Gasteiger partial charge in [-0.2, -0.15) is 5.10 Å². The van der Waals surface area contributed by atoms with Crippen molar-refractivity contribution < 1.29 is 8.42 Å². The van der Waals surface area contributed by atoms with Gasteiger partial charge in [0, 0.05) is 47.5 Å². The van der Waals surface area contributed by atoms with Crippen LogP contribution in [0.1, 0.15) is 11.3 Å². The van der Waals surface area contributed by atoms with E-state index in [0.29, 0.717) is 27.2 Å². The molecule has 0 bridgehead atoms. The average molecular weight is 511 g/mol. The van der Waals surface area contributed by atoms with Crippen molar-refractivity contribution in [2.75, 3.05) is 0 Å². The summed E-state index contributed by atoms with van der Waals surface area (Å²) in [6.07, 6.45) is 8.78. The highest BCUT2D eigenvalue weighted by molar-refractivity contribution is 7.88. The fourth-order valence-electron chi connectivity index (χ4n) is 4.44. The minimum atomic E-state index is -3.68. The number of imidazole rings is 1. The quantitative estimate of drug-likeness (QED) is 0.368. The molecule has 37 heavy (non-hydrogen) atoms. The van der Waals surface area contributed by atoms with E-state index in [9.17, 15) is 13.2 Å². The third-order valence-corrected chi connectivity index (χ3v) is 7.61. The molecule has 4 heterocycles. The van der Waals surface area contributed by atoms with Crippen molar-refractivity contribution in [1.82, 2.24) is 28.9 Å². The zero-order chi connectivity index (χ0) is 25.6. The van der Waals surface area contributed by atoms with Crippen molar-refractivity contribution in [1.29, 1.82) is 0 Å². The lowest BCUT2D eigenvalue weighted by Gasteiger charge is -2.07. The molecule has 0 atom stereocenters. The van der Waals surface area contributed by atoms with Crippen LogP contribution in [0.15, 0.2) is 90.4 Å². The van der Waals surface area contributed by atoms with Crippen LogP contribution in [0.5, 0.6) is 0 Å². The molecule has 0 amide bonds. The van der Waals surface area contributed by atoms with Gasteiger partial charge in [-0.15, -0.1) is 0 Å². The van der Waals surface area contributed by atoms with E-state index in [1.165, 1.54) is 0 Å². The van der Waals surface area contributed by atoms with Crippen LogP contribution in [0.25, 0.3) is 38.4 Å². The zero-order valence-corrected chi connectivity index (χ0v) is 20.7. The lowest BCUT2D eigenvalue weighted by Crippen LogP contribution is -2.25. The molecule has 9 nitrogen and oxygen atoms in total. The van der Waals surface area contributed by atoms with Crippen LogP contribution < -0.4 is 10.2 Å². The summed E-state index contributed by atoms with van der Waals surface area (Å²) in [7, 11) is -1.85. The summed E-state index contributed by atoms with van der Waals surface area (Å²) < 4.78 is 32.0. The minimum absolute atomic E-state index is 0.107. The Morgan fingerprint density at radius 1 is 0.919 bits per heavy atom. The van der Waals surface area contributed by atoms with Crippen molar-refractivity contribution in [2.45, 2.75) is 12.3 Å². The molecule has 10 heteroatoms. The highest BCUT2D eigenvalue weighted by Gasteiger charge is 2.15. The Kier molecular flexibility index (Phi) is 5.54. The van der Waals surface area contributed by atoms with Crippen molar-refractivity contribution in [2.24, 2.45) is 7.05 Å². The van der Waals surface area contributed by atoms with E-state index in [2.05, 4.69) is 19.8 Å². The molecule has 0 aliphatic rings. The van der Waals surface area contributed by atoms with Gasteiger partial charge >= 0.3 is 0 Å². The first kappa shape index (κ1) is 23.0. The summed E-state index contributed by atoms with van der Waals surface area (Å²) in [6.45, 7) is 0.107. The molecule has 2 aromatic carbocycles. The van der Waals surface area contributed by atoms with E-state index in [-0.39, 0.29) is 17.7 Å². The molecule has 184 valence electrons. The largest absolute Gasteiger partial charge is 0.303 e. The van der Waals surface area contributed by atoms with Gasteiger partial charge in [-0.3, -0.25) is 14.5 Å². The highest BCUT2D eigenvalue weighted by atomic mass is 32.2. The topological polar surface area (TPSA) is 111 Å². The van der Waals surface area contributed by atoms with E-state index in [0.717, 1.165) is 22.5 Å². The monoisotopic (exact) mass is 510 g/mol. The Labute approximate surface area is 212 Å². The number of aromatic nitrogens is 5. The number of aryl methyl sites for hydroxylation is 1. The molecular formula is C27H22N6O3S. The first-order valence-electron chi connectivity index (χ1n) is 11.6. The number of benzene rings is 1. The van der Waals surface area contributed by atoms with Gasteiger partial charge in [0.1, 0.15) is 5.65 Å². The number of nitrogens with zero attached hydrogens (tertiary/aromatic N) is 5. The van der Waals surface area contributed by atoms with Crippen LogP contribution in [0.4, 0.5) is 0 Å². The van der Waals surface area contributed by atoms with Gasteiger partial charge in [-0.1, -0.05) is 24.3 Å². The van der Waals surface area contributed by atoms with Crippen LogP contribution >= 0.6 is 0 Å². The minimum Gasteiger partial charge on any atom is -0.303 e. The van der Waals surface area contributed by atoms with Gasteiger partial charge in [-0.05, 0) is 41.3 Å². The van der Waals surface area contributed by atoms with Crippen molar-refractivity contribution >= 4 is 37.3 Å². The third-order valence-electron chi connectivity index (χ3n) is 6.31. The number of rotatable bonds is 6. The second-order valence-corrected chi connectivity index (χ2v) is 10.7. The standard InChI is InChI=1S/C27H22N6O3S/c1-32-16-21(13-30-32)20-11-24-25(28-12-20)8-7-19-6-5-18(10-23(19)27(24)34)17-37(35,36)31-15-22-14-29-26-4-2-3-9-33(22)26/h2-14,16,31H,15,17H2,1H3. The first-order valence-corrected chi connectivity index (χ1v) is 13.2. The molecule has 6 aromatic rings. The number of pyridine rings is 2. The van der Waals surface area contributed by atoms with Gasteiger partial charge < -0.3 is 4.40 Å². The van der Waals surface area contributed by atoms with E-state index >= 15 is 0 Å². The van der Waals surface area contributed by atoms with Crippen LogP contribution in [0.2, 0.25) is 0 Å². The molecule has 0 saturated heterocycles. The van der Waals surface area contributed by atoms with Gasteiger partial charge in [0.05, 0.1) is 35.9 Å². The SMILES string of the molecule is Cn1cc(-c2cnc3ccc4ccc(CS(=O)(=O)NCc5cnc6ccccn56)cc4c(=O)c3c2)cn1. The molecule has 0 aliphatic carbocycles. The number of fused-ring (bicyclic) bond motifs is 3. The normalized spacial score (nSPS) is 12.0. The molecule has 0 aliphatic heterocycles. The predicted molar refractivity (Wildman–Crippen MR) is 142 cm³/mol. The fraction of sp³-hybridized carbons (Fsp3) is 0.111. The maximum absolute atomic E-state index is 13.6. The van der Waals surface area contributed by atoms with E-state index in [1.807, 2.05) is 54.2 Å². The second-order valence-electron chi connectivity index (χ2n) is 8.90. The third kappa shape index (κ3) is 4.48. The van der Waals surface area contributed by atoms with Crippen LogP contribution in [0.3, 0.4) is 0 Å². The molecule has 1 N–H and O–H groups in total. The smallest absolute Gasteiger partial charge is 0.216 e. The predicted octanol–water partition coefficient (Wildman–Crippen LogP) is 3.42. The maximum atomic E-state index is 13.6. The lowest BCUT2D eigenvalue weighted by atomic mass is 10.1. The molecule has 4 aromatic heterocycles. The van der Waals surface area contributed by atoms with Crippen LogP contribution in [0, 0.1) is 0 Å². The number of sulfonamides is 1. The molecule has 0 saturated carbocycles. The van der Waals surface area contributed by atoms with E-state index in [1.54, 1.807) is 47.5 Å². The summed E-state index contributed by atoms with van der Waals surface area (Å²) in [6, 6.07) is 16.2. The van der Waals surface area contributed by atoms with Gasteiger partial charge in [-0.25, -0.2) is 18.1 Å². The number of hydrogen-bond donors (Lipinski definition) is 1. The number of hydrogen-bond acceptors (Lipinski definition) is 6. The highest BCUT2D eigenvalue weighted by Crippen LogP contribution is 2.22. The molecular weight excluding hydrogens is 488 g/mol. The number of nitrogens with one attached hydrogen (secondary N) is 1. The second kappa shape index (κ2) is 8.91. The Bertz CT molecular complexity index is 1980. The summed E-state index contributed by atoms with van der Waals surface area (Å²) in [5, 5.41) is 5.81. The lowest BCUT2D eigenvalue weighted by molar-refractivity contribution is 0.579. The zero-order valence-electron chi connectivity index (χ0n) is 19.9. The molecule has 0 spiro atoms. The summed E-state index contributed by atoms with van der Waals surface area (Å²) in [5.74, 6) is -0.255. The van der Waals surface area contributed by atoms with Crippen LogP contribution in [-0.2, 0) is 29.4 Å². The fourth-order valence-corrected chi connectivity index (χ4v) is 5.53. The van der Waals surface area contributed by atoms with Crippen LogP contribution in [-0.4, -0.2) is 32.6 Å². The Balaban J connectivity index is 1.33. The molecule has 0 fully saturated rings. The van der Waals surface area contributed by atoms with Crippen molar-refractivity contribution in [3.63, 3.8) is 0 Å². The van der Waals surface area contributed by atoms with Gasteiger partial charge in [0.2, 0.25) is 10.0 Å². The Hall–Kier alpha value is -4.41. The summed E-state index contributed by atoms with van der Waals surface area (Å²) in [4.78, 5) is 22.3.